The van der Waals surface area contributed by atoms with Crippen molar-refractivity contribution in [2.24, 2.45) is 40.4 Å². The van der Waals surface area contributed by atoms with Gasteiger partial charge < -0.3 is 9.84 Å². The Morgan fingerprint density at radius 2 is 2.00 bits per heavy atom. The molecule has 4 aliphatic rings. The minimum Gasteiger partial charge on any atom is -0.393 e. The Morgan fingerprint density at radius 1 is 1.23 bits per heavy atom. The number of ether oxygens (including phenoxy) is 1. The van der Waals surface area contributed by atoms with Gasteiger partial charge in [0.15, 0.2) is 0 Å². The highest BCUT2D eigenvalue weighted by atomic mass is 16.5. The van der Waals surface area contributed by atoms with Gasteiger partial charge in [0.2, 0.25) is 0 Å². The van der Waals surface area contributed by atoms with Crippen LogP contribution in [0.3, 0.4) is 0 Å². The smallest absolute Gasteiger partial charge is 0.136 e. The number of aliphatic hydroxyl groups excluding tert-OH is 1. The quantitative estimate of drug-likeness (QED) is 0.760. The number of ketones is 1. The summed E-state index contributed by atoms with van der Waals surface area (Å²) in [7, 11) is 1.85. The summed E-state index contributed by atoms with van der Waals surface area (Å²) in [6, 6.07) is 0. The van der Waals surface area contributed by atoms with Crippen molar-refractivity contribution in [1.29, 1.82) is 0 Å². The number of allylic oxidation sites excluding steroid dienone is 1. The van der Waals surface area contributed by atoms with Crippen LogP contribution in [0.2, 0.25) is 0 Å². The van der Waals surface area contributed by atoms with Crippen molar-refractivity contribution in [1.82, 2.24) is 0 Å². The summed E-state index contributed by atoms with van der Waals surface area (Å²) in [6.07, 6.45) is 10.6. The van der Waals surface area contributed by atoms with Crippen molar-refractivity contribution in [2.75, 3.05) is 7.11 Å². The van der Waals surface area contributed by atoms with Crippen LogP contribution in [0.5, 0.6) is 0 Å². The van der Waals surface area contributed by atoms with E-state index in [0.29, 0.717) is 35.4 Å². The number of hydrogen-bond acceptors (Lipinski definition) is 3. The highest BCUT2D eigenvalue weighted by Gasteiger charge is 2.65. The Bertz CT molecular complexity index is 586. The van der Waals surface area contributed by atoms with E-state index in [0.717, 1.165) is 38.5 Å². The van der Waals surface area contributed by atoms with E-state index in [2.05, 4.69) is 19.6 Å². The van der Waals surface area contributed by atoms with Crippen LogP contribution in [0, 0.1) is 40.4 Å². The first-order chi connectivity index (χ1) is 12.4. The van der Waals surface area contributed by atoms with Gasteiger partial charge in [-0.3, -0.25) is 4.79 Å². The maximum absolute atomic E-state index is 13.0. The number of fused-ring (bicyclic) bond motifs is 5. The second-order valence-corrected chi connectivity index (χ2v) is 10.00. The summed E-state index contributed by atoms with van der Waals surface area (Å²) in [5.74, 6) is 2.87. The van der Waals surface area contributed by atoms with Crippen molar-refractivity contribution in [3.63, 3.8) is 0 Å². The van der Waals surface area contributed by atoms with Gasteiger partial charge in [-0.25, -0.2) is 0 Å². The van der Waals surface area contributed by atoms with Crippen LogP contribution in [0.25, 0.3) is 0 Å². The summed E-state index contributed by atoms with van der Waals surface area (Å²) >= 11 is 0. The lowest BCUT2D eigenvalue weighted by molar-refractivity contribution is -0.189. The van der Waals surface area contributed by atoms with E-state index in [1.165, 1.54) is 12.8 Å². The minimum atomic E-state index is -0.249. The topological polar surface area (TPSA) is 46.5 Å². The van der Waals surface area contributed by atoms with Crippen molar-refractivity contribution in [3.8, 4) is 0 Å². The second-order valence-electron chi connectivity index (χ2n) is 10.00. The number of hydrogen-bond donors (Lipinski definition) is 1. The number of carbonyl (C=O) groups is 1. The van der Waals surface area contributed by atoms with Crippen LogP contribution >= 0.6 is 0 Å². The number of rotatable bonds is 3. The fourth-order valence-electron chi connectivity index (χ4n) is 8.23. The minimum absolute atomic E-state index is 0.123. The third kappa shape index (κ3) is 2.35. The highest BCUT2D eigenvalue weighted by Crippen LogP contribution is 2.68. The van der Waals surface area contributed by atoms with Crippen molar-refractivity contribution in [3.05, 3.63) is 12.7 Å². The number of aliphatic hydroxyl groups is 1. The predicted molar refractivity (Wildman–Crippen MR) is 103 cm³/mol. The van der Waals surface area contributed by atoms with Crippen LogP contribution in [-0.2, 0) is 9.53 Å². The molecule has 0 aromatic heterocycles. The molecule has 0 amide bonds. The Hall–Kier alpha value is -0.670. The van der Waals surface area contributed by atoms with Crippen LogP contribution in [0.1, 0.15) is 65.2 Å². The van der Waals surface area contributed by atoms with Gasteiger partial charge in [0.05, 0.1) is 12.2 Å². The lowest BCUT2D eigenvalue weighted by Crippen LogP contribution is -2.61. The molecule has 0 aliphatic heterocycles. The molecule has 4 rings (SSSR count). The van der Waals surface area contributed by atoms with E-state index in [9.17, 15) is 9.90 Å². The molecule has 4 aliphatic carbocycles. The number of Topliss-reactive ketones (excluding diaryl/α,β-unsaturated/α-hetero) is 1. The summed E-state index contributed by atoms with van der Waals surface area (Å²) in [5, 5.41) is 10.2. The van der Waals surface area contributed by atoms with Crippen LogP contribution in [0.15, 0.2) is 12.7 Å². The van der Waals surface area contributed by atoms with Crippen molar-refractivity contribution >= 4 is 5.78 Å². The molecule has 0 radical (unpaired) electrons. The molecule has 3 unspecified atom stereocenters. The summed E-state index contributed by atoms with van der Waals surface area (Å²) in [6.45, 7) is 8.36. The van der Waals surface area contributed by atoms with E-state index >= 15 is 0 Å². The zero-order valence-corrected chi connectivity index (χ0v) is 16.7. The maximum atomic E-state index is 13.0. The van der Waals surface area contributed by atoms with Gasteiger partial charge >= 0.3 is 0 Å². The van der Waals surface area contributed by atoms with E-state index in [1.807, 2.05) is 14.0 Å². The third-order valence-electron chi connectivity index (χ3n) is 9.39. The van der Waals surface area contributed by atoms with Gasteiger partial charge in [-0.2, -0.15) is 0 Å². The van der Waals surface area contributed by atoms with Crippen molar-refractivity contribution < 1.29 is 14.6 Å². The molecular formula is C23H36O3. The first kappa shape index (κ1) is 18.7. The maximum Gasteiger partial charge on any atom is 0.136 e. The molecule has 3 heteroatoms. The van der Waals surface area contributed by atoms with Crippen LogP contribution in [0.4, 0.5) is 0 Å². The molecule has 0 spiro atoms. The Balaban J connectivity index is 1.75. The normalized spacial score (nSPS) is 53.3. The molecule has 0 saturated heterocycles. The first-order valence-electron chi connectivity index (χ1n) is 10.7. The fraction of sp³-hybridized carbons (Fsp3) is 0.870. The summed E-state index contributed by atoms with van der Waals surface area (Å²) < 4.78 is 6.13. The average Bonchev–Trinajstić information content (AvgIpc) is 3.01. The fourth-order valence-corrected chi connectivity index (χ4v) is 8.23. The standard InChI is InChI=1S/C23H36O3/c1-5-15-7-9-19-18-8-6-16-12-17(25)10-11-22(16,3)21(18)20(26-4)13-23(15,19)14(2)24/h5,15-21,25H,1,6-13H2,2-4H3/t15-,16-,17+,18?,19?,20-,21?,22-,23+/m0/s1. The molecule has 26 heavy (non-hydrogen) atoms. The molecule has 146 valence electrons. The monoisotopic (exact) mass is 360 g/mol. The van der Waals surface area contributed by atoms with Gasteiger partial charge in [-0.15, -0.1) is 6.58 Å². The predicted octanol–water partition coefficient (Wildman–Crippen LogP) is 4.39. The molecule has 0 bridgehead atoms. The molecule has 0 aromatic rings. The number of carbonyl (C=O) groups excluding carboxylic acids is 1. The lowest BCUT2D eigenvalue weighted by Gasteiger charge is -2.62. The molecule has 0 heterocycles. The largest absolute Gasteiger partial charge is 0.393 e. The zero-order chi connectivity index (χ0) is 18.7. The molecule has 9 atom stereocenters. The van der Waals surface area contributed by atoms with Gasteiger partial charge in [0.1, 0.15) is 5.78 Å². The second kappa shape index (κ2) is 6.44. The molecule has 3 nitrogen and oxygen atoms in total. The van der Waals surface area contributed by atoms with E-state index in [1.54, 1.807) is 0 Å². The number of methoxy groups -OCH3 is 1. The van der Waals surface area contributed by atoms with Crippen LogP contribution < -0.4 is 0 Å². The molecule has 0 aromatic carbocycles. The van der Waals surface area contributed by atoms with E-state index in [-0.39, 0.29) is 23.0 Å². The van der Waals surface area contributed by atoms with Crippen molar-refractivity contribution in [2.45, 2.75) is 77.4 Å². The zero-order valence-electron chi connectivity index (χ0n) is 16.7. The third-order valence-corrected chi connectivity index (χ3v) is 9.39. The SMILES string of the molecule is C=C[C@H]1CCC2C3CC[C@H]4C[C@H](O)CC[C@]4(C)C3[C@@H](OC)C[C@]21C(C)=O. The van der Waals surface area contributed by atoms with Gasteiger partial charge in [0, 0.05) is 12.5 Å². The molecule has 1 N–H and O–H groups in total. The Morgan fingerprint density at radius 3 is 2.65 bits per heavy atom. The summed E-state index contributed by atoms with van der Waals surface area (Å²) in [4.78, 5) is 13.0. The lowest BCUT2D eigenvalue weighted by atomic mass is 9.43. The van der Waals surface area contributed by atoms with Gasteiger partial charge in [-0.1, -0.05) is 13.0 Å². The Labute approximate surface area is 158 Å². The van der Waals surface area contributed by atoms with E-state index < -0.39 is 0 Å². The highest BCUT2D eigenvalue weighted by molar-refractivity contribution is 5.84. The first-order valence-corrected chi connectivity index (χ1v) is 10.7. The molecular weight excluding hydrogens is 324 g/mol. The molecule has 4 fully saturated rings. The van der Waals surface area contributed by atoms with E-state index in [4.69, 9.17) is 4.74 Å². The molecule has 4 saturated carbocycles. The summed E-state index contributed by atoms with van der Waals surface area (Å²) in [5.41, 5.74) is -0.000983. The van der Waals surface area contributed by atoms with Crippen LogP contribution in [-0.4, -0.2) is 30.2 Å². The Kier molecular flexibility index (Phi) is 4.63. The van der Waals surface area contributed by atoms with Gasteiger partial charge in [-0.05, 0) is 93.3 Å². The van der Waals surface area contributed by atoms with Gasteiger partial charge in [0.25, 0.3) is 0 Å². The average molecular weight is 361 g/mol.